The van der Waals surface area contributed by atoms with Crippen LogP contribution in [-0.4, -0.2) is 17.5 Å². The first-order valence-electron chi connectivity index (χ1n) is 2.73. The number of allylic oxidation sites excluding steroid dienone is 2. The maximum absolute atomic E-state index is 10.5. The Hall–Kier alpha value is -0.990. The molecule has 3 nitrogen and oxygen atoms in total. The van der Waals surface area contributed by atoms with E-state index in [0.29, 0.717) is 5.76 Å². The Morgan fingerprint density at radius 3 is 2.78 bits per heavy atom. The van der Waals surface area contributed by atoms with Crippen LogP contribution in [0.4, 0.5) is 0 Å². The molecule has 0 aliphatic carbocycles. The quantitative estimate of drug-likeness (QED) is 0.524. The van der Waals surface area contributed by atoms with Crippen molar-refractivity contribution in [2.45, 2.75) is 13.3 Å². The summed E-state index contributed by atoms with van der Waals surface area (Å²) < 4.78 is 4.78. The van der Waals surface area contributed by atoms with Crippen LogP contribution in [0.1, 0.15) is 13.3 Å². The second-order valence-corrected chi connectivity index (χ2v) is 2.01. The molecule has 0 spiro atoms. The van der Waals surface area contributed by atoms with Gasteiger partial charge >= 0.3 is 0 Å². The van der Waals surface area contributed by atoms with Gasteiger partial charge in [-0.3, -0.25) is 4.79 Å². The second-order valence-electron chi connectivity index (χ2n) is 2.01. The molecule has 0 aromatic rings. The molecule has 1 heterocycles. The highest BCUT2D eigenvalue weighted by Gasteiger charge is 2.15. The molecule has 9 heavy (non-hydrogen) atoms. The molecule has 0 aromatic heterocycles. The minimum absolute atomic E-state index is 0.0613. The van der Waals surface area contributed by atoms with Crippen molar-refractivity contribution < 1.29 is 14.6 Å². The van der Waals surface area contributed by atoms with Crippen molar-refractivity contribution in [1.29, 1.82) is 0 Å². The van der Waals surface area contributed by atoms with E-state index in [0.717, 1.165) is 0 Å². The molecule has 0 saturated heterocycles. The molecule has 0 aromatic carbocycles. The molecule has 0 unspecified atom stereocenters. The number of carbonyl (C=O) groups is 1. The minimum Gasteiger partial charge on any atom is -0.508 e. The number of Topliss-reactive ketones (excluding diaryl/α,β-unsaturated/α-hetero) is 1. The van der Waals surface area contributed by atoms with E-state index >= 15 is 0 Å². The molecule has 0 saturated carbocycles. The SMILES string of the molecule is CC1=C(O)CC(=O)CO1. The Morgan fingerprint density at radius 2 is 2.33 bits per heavy atom. The lowest BCUT2D eigenvalue weighted by atomic mass is 10.2. The van der Waals surface area contributed by atoms with Gasteiger partial charge in [-0.1, -0.05) is 0 Å². The number of hydrogen-bond donors (Lipinski definition) is 1. The number of rotatable bonds is 0. The van der Waals surface area contributed by atoms with Crippen molar-refractivity contribution in [2.75, 3.05) is 6.61 Å². The van der Waals surface area contributed by atoms with Crippen LogP contribution in [0.2, 0.25) is 0 Å². The monoisotopic (exact) mass is 128 g/mol. The fourth-order valence-corrected chi connectivity index (χ4v) is 0.634. The van der Waals surface area contributed by atoms with E-state index in [-0.39, 0.29) is 24.6 Å². The largest absolute Gasteiger partial charge is 0.508 e. The summed E-state index contributed by atoms with van der Waals surface area (Å²) in [7, 11) is 0. The fraction of sp³-hybridized carbons (Fsp3) is 0.500. The van der Waals surface area contributed by atoms with Gasteiger partial charge in [-0.25, -0.2) is 0 Å². The summed E-state index contributed by atoms with van der Waals surface area (Å²) in [5.74, 6) is 0.457. The molecule has 1 aliphatic rings. The van der Waals surface area contributed by atoms with Crippen molar-refractivity contribution in [2.24, 2.45) is 0 Å². The van der Waals surface area contributed by atoms with E-state index in [9.17, 15) is 4.79 Å². The smallest absolute Gasteiger partial charge is 0.177 e. The van der Waals surface area contributed by atoms with E-state index in [1.807, 2.05) is 0 Å². The highest BCUT2D eigenvalue weighted by molar-refractivity contribution is 5.82. The Kier molecular flexibility index (Phi) is 1.42. The van der Waals surface area contributed by atoms with Gasteiger partial charge in [0.1, 0.15) is 18.1 Å². The maximum atomic E-state index is 10.5. The first kappa shape index (κ1) is 6.13. The lowest BCUT2D eigenvalue weighted by Crippen LogP contribution is -2.15. The van der Waals surface area contributed by atoms with Crippen LogP contribution in [-0.2, 0) is 9.53 Å². The van der Waals surface area contributed by atoms with Crippen molar-refractivity contribution in [3.8, 4) is 0 Å². The van der Waals surface area contributed by atoms with Crippen molar-refractivity contribution >= 4 is 5.78 Å². The molecule has 0 radical (unpaired) electrons. The molecular weight excluding hydrogens is 120 g/mol. The second kappa shape index (κ2) is 2.09. The van der Waals surface area contributed by atoms with E-state index in [4.69, 9.17) is 9.84 Å². The Balaban J connectivity index is 2.72. The summed E-state index contributed by atoms with van der Waals surface area (Å²) in [6.07, 6.45) is 0.131. The summed E-state index contributed by atoms with van der Waals surface area (Å²) >= 11 is 0. The van der Waals surface area contributed by atoms with Gasteiger partial charge < -0.3 is 9.84 Å². The predicted molar refractivity (Wildman–Crippen MR) is 30.9 cm³/mol. The molecule has 3 heteroatoms. The summed E-state index contributed by atoms with van der Waals surface area (Å²) in [4.78, 5) is 10.5. The number of carbonyl (C=O) groups excluding carboxylic acids is 1. The molecule has 0 atom stereocenters. The topological polar surface area (TPSA) is 46.5 Å². The number of aliphatic hydroxyl groups is 1. The zero-order valence-corrected chi connectivity index (χ0v) is 5.18. The minimum atomic E-state index is -0.0712. The Bertz CT molecular complexity index is 169. The van der Waals surface area contributed by atoms with E-state index in [1.165, 1.54) is 0 Å². The molecule has 1 rings (SSSR count). The molecular formula is C6H8O3. The number of ketones is 1. The molecule has 0 fully saturated rings. The van der Waals surface area contributed by atoms with Crippen molar-refractivity contribution in [3.63, 3.8) is 0 Å². The third-order valence-corrected chi connectivity index (χ3v) is 1.22. The van der Waals surface area contributed by atoms with Crippen LogP contribution in [0.5, 0.6) is 0 Å². The van der Waals surface area contributed by atoms with Gasteiger partial charge in [-0.15, -0.1) is 0 Å². The summed E-state index contributed by atoms with van der Waals surface area (Å²) in [5, 5.41) is 8.88. The van der Waals surface area contributed by atoms with E-state index in [1.54, 1.807) is 6.92 Å². The standard InChI is InChI=1S/C6H8O3/c1-4-6(8)2-5(7)3-9-4/h8H,2-3H2,1H3. The molecule has 1 aliphatic heterocycles. The zero-order valence-electron chi connectivity index (χ0n) is 5.18. The van der Waals surface area contributed by atoms with Gasteiger partial charge in [-0.2, -0.15) is 0 Å². The molecule has 50 valence electrons. The Morgan fingerprint density at radius 1 is 1.67 bits per heavy atom. The lowest BCUT2D eigenvalue weighted by molar-refractivity contribution is -0.123. The first-order valence-corrected chi connectivity index (χ1v) is 2.73. The molecule has 0 bridgehead atoms. The Labute approximate surface area is 52.9 Å². The maximum Gasteiger partial charge on any atom is 0.177 e. The first-order chi connectivity index (χ1) is 4.20. The van der Waals surface area contributed by atoms with Gasteiger partial charge in [0.2, 0.25) is 0 Å². The van der Waals surface area contributed by atoms with Crippen LogP contribution < -0.4 is 0 Å². The normalized spacial score (nSPS) is 19.9. The van der Waals surface area contributed by atoms with Gasteiger partial charge in [0.25, 0.3) is 0 Å². The number of ether oxygens (including phenoxy) is 1. The average Bonchev–Trinajstić information content (AvgIpc) is 1.80. The van der Waals surface area contributed by atoms with E-state index in [2.05, 4.69) is 0 Å². The lowest BCUT2D eigenvalue weighted by Gasteiger charge is -2.12. The van der Waals surface area contributed by atoms with Crippen molar-refractivity contribution in [3.05, 3.63) is 11.5 Å². The molecule has 1 N–H and O–H groups in total. The number of aliphatic hydroxyl groups excluding tert-OH is 1. The summed E-state index contributed by atoms with van der Waals surface area (Å²) in [5.41, 5.74) is 0. The van der Waals surface area contributed by atoms with Crippen LogP contribution in [0.3, 0.4) is 0 Å². The van der Waals surface area contributed by atoms with Gasteiger partial charge in [0, 0.05) is 0 Å². The van der Waals surface area contributed by atoms with E-state index < -0.39 is 0 Å². The van der Waals surface area contributed by atoms with Gasteiger partial charge in [-0.05, 0) is 6.92 Å². The highest BCUT2D eigenvalue weighted by atomic mass is 16.5. The summed E-state index contributed by atoms with van der Waals surface area (Å²) in [6.45, 7) is 1.75. The van der Waals surface area contributed by atoms with Crippen LogP contribution in [0, 0.1) is 0 Å². The van der Waals surface area contributed by atoms with Crippen LogP contribution >= 0.6 is 0 Å². The predicted octanol–water partition coefficient (Wildman–Crippen LogP) is 0.765. The van der Waals surface area contributed by atoms with Gasteiger partial charge in [0.05, 0.1) is 6.42 Å². The average molecular weight is 128 g/mol. The molecule has 0 amide bonds. The van der Waals surface area contributed by atoms with Gasteiger partial charge in [0.15, 0.2) is 5.78 Å². The van der Waals surface area contributed by atoms with Crippen LogP contribution in [0.15, 0.2) is 11.5 Å². The third kappa shape index (κ3) is 1.22. The third-order valence-electron chi connectivity index (χ3n) is 1.22. The number of hydrogen-bond acceptors (Lipinski definition) is 3. The van der Waals surface area contributed by atoms with Crippen molar-refractivity contribution in [1.82, 2.24) is 0 Å². The summed E-state index contributed by atoms with van der Waals surface area (Å²) in [6, 6.07) is 0. The highest BCUT2D eigenvalue weighted by Crippen LogP contribution is 2.12. The van der Waals surface area contributed by atoms with Crippen LogP contribution in [0.25, 0.3) is 0 Å². The zero-order chi connectivity index (χ0) is 6.85. The fourth-order valence-electron chi connectivity index (χ4n) is 0.634.